The Labute approximate surface area is 190 Å². The van der Waals surface area contributed by atoms with Crippen molar-refractivity contribution in [2.75, 3.05) is 13.9 Å². The highest BCUT2D eigenvalue weighted by atomic mass is 16.7. The van der Waals surface area contributed by atoms with Gasteiger partial charge in [0.15, 0.2) is 11.5 Å². The van der Waals surface area contributed by atoms with Crippen LogP contribution in [0.25, 0.3) is 6.08 Å². The zero-order valence-electron chi connectivity index (χ0n) is 17.8. The van der Waals surface area contributed by atoms with E-state index in [1.165, 1.54) is 6.21 Å². The molecule has 1 heterocycles. The molecule has 33 heavy (non-hydrogen) atoms. The number of hydrazone groups is 1. The molecule has 8 heteroatoms. The maximum Gasteiger partial charge on any atom is 0.287 e. The van der Waals surface area contributed by atoms with Gasteiger partial charge in [0.2, 0.25) is 6.79 Å². The van der Waals surface area contributed by atoms with Gasteiger partial charge in [0, 0.05) is 5.56 Å². The lowest BCUT2D eigenvalue weighted by Crippen LogP contribution is -2.32. The molecular formula is C25H21N3O5. The summed E-state index contributed by atoms with van der Waals surface area (Å²) >= 11 is 0. The van der Waals surface area contributed by atoms with E-state index in [0.717, 1.165) is 0 Å². The molecular weight excluding hydrogens is 422 g/mol. The average Bonchev–Trinajstić information content (AvgIpc) is 3.32. The fourth-order valence-corrected chi connectivity index (χ4v) is 3.03. The van der Waals surface area contributed by atoms with E-state index in [2.05, 4.69) is 15.8 Å². The molecule has 4 rings (SSSR count). The van der Waals surface area contributed by atoms with Crippen molar-refractivity contribution in [2.24, 2.45) is 5.10 Å². The molecule has 0 radical (unpaired) electrons. The van der Waals surface area contributed by atoms with Gasteiger partial charge in [-0.05, 0) is 59.7 Å². The third kappa shape index (κ3) is 5.56. The molecule has 1 aliphatic rings. The van der Waals surface area contributed by atoms with Crippen LogP contribution in [0.2, 0.25) is 0 Å². The Morgan fingerprint density at radius 3 is 2.42 bits per heavy atom. The molecule has 3 aromatic rings. The standard InChI is InChI=1S/C25H21N3O5/c1-31-20-10-7-17(8-11-20)13-21(27-24(29)19-5-3-2-4-6-19)25(30)28-26-15-18-9-12-22-23(14-18)33-16-32-22/h2-15H,16H2,1H3,(H,27,29)(H,28,30)/b21-13-,26-15-. The van der Waals surface area contributed by atoms with Gasteiger partial charge in [-0.3, -0.25) is 9.59 Å². The molecule has 3 aromatic carbocycles. The van der Waals surface area contributed by atoms with Gasteiger partial charge < -0.3 is 19.5 Å². The van der Waals surface area contributed by atoms with Crippen LogP contribution in [0.15, 0.2) is 83.6 Å². The molecule has 0 aromatic heterocycles. The Morgan fingerprint density at radius 2 is 1.67 bits per heavy atom. The molecule has 0 spiro atoms. The monoisotopic (exact) mass is 443 g/mol. The van der Waals surface area contributed by atoms with Crippen molar-refractivity contribution in [3.05, 3.63) is 95.2 Å². The van der Waals surface area contributed by atoms with Crippen molar-refractivity contribution in [3.8, 4) is 17.2 Å². The number of rotatable bonds is 7. The van der Waals surface area contributed by atoms with Gasteiger partial charge in [0.1, 0.15) is 11.4 Å². The Morgan fingerprint density at radius 1 is 0.939 bits per heavy atom. The third-order valence-electron chi connectivity index (χ3n) is 4.73. The number of nitrogens with zero attached hydrogens (tertiary/aromatic N) is 1. The SMILES string of the molecule is COc1ccc(/C=C(\NC(=O)c2ccccc2)C(=O)N/N=C\c2ccc3c(c2)OCO3)cc1. The van der Waals surface area contributed by atoms with Crippen LogP contribution in [0.4, 0.5) is 0 Å². The van der Waals surface area contributed by atoms with E-state index < -0.39 is 11.8 Å². The minimum atomic E-state index is -0.577. The first-order valence-corrected chi connectivity index (χ1v) is 10.1. The molecule has 166 valence electrons. The van der Waals surface area contributed by atoms with Crippen LogP contribution in [-0.2, 0) is 4.79 Å². The summed E-state index contributed by atoms with van der Waals surface area (Å²) in [5, 5.41) is 6.67. The first-order chi connectivity index (χ1) is 16.1. The highest BCUT2D eigenvalue weighted by Crippen LogP contribution is 2.31. The molecule has 0 saturated carbocycles. The van der Waals surface area contributed by atoms with Gasteiger partial charge >= 0.3 is 0 Å². The first kappa shape index (κ1) is 21.6. The van der Waals surface area contributed by atoms with Crippen LogP contribution in [0.3, 0.4) is 0 Å². The summed E-state index contributed by atoms with van der Waals surface area (Å²) in [5.74, 6) is 0.960. The van der Waals surface area contributed by atoms with Gasteiger partial charge in [0.25, 0.3) is 11.8 Å². The summed E-state index contributed by atoms with van der Waals surface area (Å²) in [6, 6.07) is 21.0. The minimum Gasteiger partial charge on any atom is -0.497 e. The summed E-state index contributed by atoms with van der Waals surface area (Å²) in [6.07, 6.45) is 3.04. The lowest BCUT2D eigenvalue weighted by Gasteiger charge is -2.09. The maximum absolute atomic E-state index is 12.8. The highest BCUT2D eigenvalue weighted by Gasteiger charge is 2.15. The van der Waals surface area contributed by atoms with E-state index in [0.29, 0.717) is 33.9 Å². The van der Waals surface area contributed by atoms with Crippen LogP contribution >= 0.6 is 0 Å². The molecule has 1 aliphatic heterocycles. The smallest absolute Gasteiger partial charge is 0.287 e. The number of amides is 2. The van der Waals surface area contributed by atoms with Crippen molar-refractivity contribution in [1.82, 2.24) is 10.7 Å². The second-order valence-corrected chi connectivity index (χ2v) is 6.96. The van der Waals surface area contributed by atoms with Crippen LogP contribution in [0.5, 0.6) is 17.2 Å². The Kier molecular flexibility index (Phi) is 6.65. The van der Waals surface area contributed by atoms with Gasteiger partial charge in [-0.25, -0.2) is 5.43 Å². The number of benzene rings is 3. The lowest BCUT2D eigenvalue weighted by atomic mass is 10.1. The first-order valence-electron chi connectivity index (χ1n) is 10.1. The fourth-order valence-electron chi connectivity index (χ4n) is 3.03. The zero-order valence-corrected chi connectivity index (χ0v) is 17.8. The van der Waals surface area contributed by atoms with Crippen LogP contribution in [-0.4, -0.2) is 31.9 Å². The second-order valence-electron chi connectivity index (χ2n) is 6.96. The van der Waals surface area contributed by atoms with Crippen molar-refractivity contribution in [1.29, 1.82) is 0 Å². The van der Waals surface area contributed by atoms with Crippen molar-refractivity contribution in [2.45, 2.75) is 0 Å². The number of carbonyl (C=O) groups excluding carboxylic acids is 2. The molecule has 2 N–H and O–H groups in total. The predicted molar refractivity (Wildman–Crippen MR) is 123 cm³/mol. The predicted octanol–water partition coefficient (Wildman–Crippen LogP) is 3.35. The Hall–Kier alpha value is -4.59. The molecule has 0 aliphatic carbocycles. The van der Waals surface area contributed by atoms with Crippen molar-refractivity contribution in [3.63, 3.8) is 0 Å². The maximum atomic E-state index is 12.8. The van der Waals surface area contributed by atoms with Crippen LogP contribution in [0.1, 0.15) is 21.5 Å². The summed E-state index contributed by atoms with van der Waals surface area (Å²) in [6.45, 7) is 0.174. The molecule has 0 saturated heterocycles. The quantitative estimate of drug-likeness (QED) is 0.332. The van der Waals surface area contributed by atoms with E-state index >= 15 is 0 Å². The molecule has 0 unspecified atom stereocenters. The van der Waals surface area contributed by atoms with Crippen molar-refractivity contribution >= 4 is 24.1 Å². The summed E-state index contributed by atoms with van der Waals surface area (Å²) in [7, 11) is 1.57. The fraction of sp³-hybridized carbons (Fsp3) is 0.0800. The van der Waals surface area contributed by atoms with Crippen LogP contribution in [0, 0.1) is 0 Å². The number of hydrogen-bond acceptors (Lipinski definition) is 6. The van der Waals surface area contributed by atoms with Crippen molar-refractivity contribution < 1.29 is 23.8 Å². The van der Waals surface area contributed by atoms with E-state index in [9.17, 15) is 9.59 Å². The molecule has 2 amide bonds. The van der Waals surface area contributed by atoms with Gasteiger partial charge in [-0.2, -0.15) is 5.10 Å². The van der Waals surface area contributed by atoms with Gasteiger partial charge in [0.05, 0.1) is 13.3 Å². The largest absolute Gasteiger partial charge is 0.497 e. The van der Waals surface area contributed by atoms with Gasteiger partial charge in [-0.1, -0.05) is 30.3 Å². The van der Waals surface area contributed by atoms with E-state index in [1.807, 2.05) is 6.07 Å². The number of ether oxygens (including phenoxy) is 3. The van der Waals surface area contributed by atoms with E-state index in [4.69, 9.17) is 14.2 Å². The lowest BCUT2D eigenvalue weighted by molar-refractivity contribution is -0.117. The number of carbonyl (C=O) groups is 2. The van der Waals surface area contributed by atoms with E-state index in [-0.39, 0.29) is 12.5 Å². The third-order valence-corrected chi connectivity index (χ3v) is 4.73. The average molecular weight is 443 g/mol. The second kappa shape index (κ2) is 10.1. The number of hydrogen-bond donors (Lipinski definition) is 2. The van der Waals surface area contributed by atoms with E-state index in [1.54, 1.807) is 79.9 Å². The molecule has 8 nitrogen and oxygen atoms in total. The number of methoxy groups -OCH3 is 1. The summed E-state index contributed by atoms with van der Waals surface area (Å²) in [4.78, 5) is 25.5. The zero-order chi connectivity index (χ0) is 23.0. The number of fused-ring (bicyclic) bond motifs is 1. The topological polar surface area (TPSA) is 98.2 Å². The highest BCUT2D eigenvalue weighted by molar-refractivity contribution is 6.05. The molecule has 0 bridgehead atoms. The molecule has 0 atom stereocenters. The minimum absolute atomic E-state index is 0.0388. The Balaban J connectivity index is 1.51. The summed E-state index contributed by atoms with van der Waals surface area (Å²) in [5.41, 5.74) is 4.33. The van der Waals surface area contributed by atoms with Gasteiger partial charge in [-0.15, -0.1) is 0 Å². The van der Waals surface area contributed by atoms with Crippen LogP contribution < -0.4 is 25.0 Å². The molecule has 0 fully saturated rings. The Bertz CT molecular complexity index is 1200. The number of nitrogens with one attached hydrogen (secondary N) is 2. The normalized spacial score (nSPS) is 12.5. The summed E-state index contributed by atoms with van der Waals surface area (Å²) < 4.78 is 15.8.